The van der Waals surface area contributed by atoms with E-state index in [0.717, 1.165) is 11.1 Å². The molecule has 1 aromatic heterocycles. The molecule has 0 saturated carbocycles. The normalized spacial score (nSPS) is 12.8. The maximum atomic E-state index is 10.6. The summed E-state index contributed by atoms with van der Waals surface area (Å²) in [5.74, 6) is 0. The highest BCUT2D eigenvalue weighted by atomic mass is 32.1. The Hall–Kier alpha value is -1.64. The Kier molecular flexibility index (Phi) is 3.60. The Bertz CT molecular complexity index is 742. The lowest BCUT2D eigenvalue weighted by molar-refractivity contribution is 0.178. The molecule has 1 nitrogen and oxygen atoms in total. The van der Waals surface area contributed by atoms with Crippen molar-refractivity contribution in [3.8, 4) is 0 Å². The van der Waals surface area contributed by atoms with E-state index < -0.39 is 6.10 Å². The summed E-state index contributed by atoms with van der Waals surface area (Å²) in [5, 5.41) is 14.0. The Labute approximate surface area is 123 Å². The molecule has 0 amide bonds. The number of aliphatic hydroxyl groups excluding tert-OH is 1. The second kappa shape index (κ2) is 5.39. The second-order valence-electron chi connectivity index (χ2n) is 5.34. The minimum Gasteiger partial charge on any atom is -0.388 e. The van der Waals surface area contributed by atoms with Crippen molar-refractivity contribution < 1.29 is 5.11 Å². The molecule has 0 saturated heterocycles. The lowest BCUT2D eigenvalue weighted by atomic mass is 9.96. The number of rotatable bonds is 3. The Morgan fingerprint density at radius 1 is 1.10 bits per heavy atom. The molecule has 3 aromatic rings. The van der Waals surface area contributed by atoms with E-state index in [1.54, 1.807) is 11.3 Å². The van der Waals surface area contributed by atoms with Crippen LogP contribution in [0, 0.1) is 13.8 Å². The first-order chi connectivity index (χ1) is 9.65. The predicted octanol–water partition coefficient (Wildman–Crippen LogP) is 4.79. The summed E-state index contributed by atoms with van der Waals surface area (Å²) < 4.78 is 1.29. The van der Waals surface area contributed by atoms with Crippen LogP contribution in [0.3, 0.4) is 0 Å². The largest absolute Gasteiger partial charge is 0.388 e. The van der Waals surface area contributed by atoms with Gasteiger partial charge >= 0.3 is 0 Å². The highest BCUT2D eigenvalue weighted by Gasteiger charge is 2.14. The van der Waals surface area contributed by atoms with Crippen LogP contribution in [0.2, 0.25) is 0 Å². The maximum Gasteiger partial charge on any atom is 0.0833 e. The molecule has 0 aliphatic carbocycles. The standard InChI is InChI=1S/C18H18OS/c1-12-7-8-13(2)16(9-12)17(19)10-14-11-20-18-6-4-3-5-15(14)18/h3-9,11,17,19H,10H2,1-2H3. The van der Waals surface area contributed by atoms with E-state index in [2.05, 4.69) is 61.7 Å². The van der Waals surface area contributed by atoms with E-state index in [9.17, 15) is 5.11 Å². The predicted molar refractivity (Wildman–Crippen MR) is 86.4 cm³/mol. The summed E-state index contributed by atoms with van der Waals surface area (Å²) in [5.41, 5.74) is 4.63. The Morgan fingerprint density at radius 3 is 2.75 bits per heavy atom. The van der Waals surface area contributed by atoms with Gasteiger partial charge in [-0.1, -0.05) is 42.0 Å². The van der Waals surface area contributed by atoms with Crippen LogP contribution in [-0.2, 0) is 6.42 Å². The fraction of sp³-hybridized carbons (Fsp3) is 0.222. The number of hydrogen-bond donors (Lipinski definition) is 1. The van der Waals surface area contributed by atoms with Crippen LogP contribution >= 0.6 is 11.3 Å². The molecule has 1 atom stereocenters. The van der Waals surface area contributed by atoms with Gasteiger partial charge in [-0.25, -0.2) is 0 Å². The van der Waals surface area contributed by atoms with Gasteiger partial charge in [0.15, 0.2) is 0 Å². The van der Waals surface area contributed by atoms with Gasteiger partial charge in [0.2, 0.25) is 0 Å². The molecular formula is C18H18OS. The molecule has 1 heterocycles. The van der Waals surface area contributed by atoms with Gasteiger partial charge in [-0.15, -0.1) is 11.3 Å². The molecule has 0 fully saturated rings. The van der Waals surface area contributed by atoms with E-state index in [1.165, 1.54) is 21.2 Å². The van der Waals surface area contributed by atoms with Crippen LogP contribution in [0.15, 0.2) is 47.8 Å². The zero-order chi connectivity index (χ0) is 14.1. The zero-order valence-electron chi connectivity index (χ0n) is 11.8. The Morgan fingerprint density at radius 2 is 1.90 bits per heavy atom. The molecule has 0 aliphatic heterocycles. The van der Waals surface area contributed by atoms with Crippen LogP contribution in [0.4, 0.5) is 0 Å². The van der Waals surface area contributed by atoms with Crippen LogP contribution in [0.1, 0.15) is 28.4 Å². The fourth-order valence-electron chi connectivity index (χ4n) is 2.63. The first-order valence-corrected chi connectivity index (χ1v) is 7.73. The topological polar surface area (TPSA) is 20.2 Å². The average Bonchev–Trinajstić information content (AvgIpc) is 2.85. The monoisotopic (exact) mass is 282 g/mol. The van der Waals surface area contributed by atoms with Crippen molar-refractivity contribution >= 4 is 21.4 Å². The van der Waals surface area contributed by atoms with Crippen LogP contribution < -0.4 is 0 Å². The molecule has 0 aliphatic rings. The van der Waals surface area contributed by atoms with Crippen molar-refractivity contribution in [1.82, 2.24) is 0 Å². The van der Waals surface area contributed by atoms with Gasteiger partial charge < -0.3 is 5.11 Å². The van der Waals surface area contributed by atoms with Gasteiger partial charge in [0.1, 0.15) is 0 Å². The highest BCUT2D eigenvalue weighted by Crippen LogP contribution is 2.30. The quantitative estimate of drug-likeness (QED) is 0.732. The summed E-state index contributed by atoms with van der Waals surface area (Å²) in [6, 6.07) is 14.6. The molecule has 1 unspecified atom stereocenters. The maximum absolute atomic E-state index is 10.6. The van der Waals surface area contributed by atoms with Gasteiger partial charge in [0, 0.05) is 11.1 Å². The third-order valence-corrected chi connectivity index (χ3v) is 4.78. The number of benzene rings is 2. The fourth-order valence-corrected chi connectivity index (χ4v) is 3.60. The number of fused-ring (bicyclic) bond motifs is 1. The molecule has 0 bridgehead atoms. The van der Waals surface area contributed by atoms with Crippen molar-refractivity contribution in [3.05, 3.63) is 70.1 Å². The highest BCUT2D eigenvalue weighted by molar-refractivity contribution is 7.17. The van der Waals surface area contributed by atoms with E-state index >= 15 is 0 Å². The van der Waals surface area contributed by atoms with Gasteiger partial charge in [-0.05, 0) is 47.4 Å². The molecule has 0 spiro atoms. The first-order valence-electron chi connectivity index (χ1n) is 6.85. The molecule has 0 radical (unpaired) electrons. The molecule has 3 rings (SSSR count). The smallest absolute Gasteiger partial charge is 0.0833 e. The Balaban J connectivity index is 1.92. The SMILES string of the molecule is Cc1ccc(C)c(C(O)Cc2csc3ccccc23)c1. The second-order valence-corrected chi connectivity index (χ2v) is 6.25. The summed E-state index contributed by atoms with van der Waals surface area (Å²) >= 11 is 1.75. The van der Waals surface area contributed by atoms with E-state index in [1.807, 2.05) is 0 Å². The summed E-state index contributed by atoms with van der Waals surface area (Å²) in [6.07, 6.45) is 0.238. The summed E-state index contributed by atoms with van der Waals surface area (Å²) in [4.78, 5) is 0. The number of hydrogen-bond acceptors (Lipinski definition) is 2. The summed E-state index contributed by atoms with van der Waals surface area (Å²) in [6.45, 7) is 4.12. The third kappa shape index (κ3) is 2.49. The zero-order valence-corrected chi connectivity index (χ0v) is 12.6. The van der Waals surface area contributed by atoms with Crippen molar-refractivity contribution in [3.63, 3.8) is 0 Å². The molecule has 1 N–H and O–H groups in total. The van der Waals surface area contributed by atoms with Crippen molar-refractivity contribution in [2.24, 2.45) is 0 Å². The van der Waals surface area contributed by atoms with Gasteiger partial charge in [-0.2, -0.15) is 0 Å². The van der Waals surface area contributed by atoms with Gasteiger partial charge in [0.05, 0.1) is 6.10 Å². The lowest BCUT2D eigenvalue weighted by Gasteiger charge is -2.14. The van der Waals surface area contributed by atoms with E-state index in [4.69, 9.17) is 0 Å². The van der Waals surface area contributed by atoms with Crippen LogP contribution in [0.5, 0.6) is 0 Å². The van der Waals surface area contributed by atoms with E-state index in [0.29, 0.717) is 6.42 Å². The number of aliphatic hydroxyl groups is 1. The molecule has 20 heavy (non-hydrogen) atoms. The summed E-state index contributed by atoms with van der Waals surface area (Å²) in [7, 11) is 0. The molecule has 2 heteroatoms. The average molecular weight is 282 g/mol. The van der Waals surface area contributed by atoms with Crippen molar-refractivity contribution in [1.29, 1.82) is 0 Å². The lowest BCUT2D eigenvalue weighted by Crippen LogP contribution is -2.04. The minimum absolute atomic E-state index is 0.437. The van der Waals surface area contributed by atoms with Crippen molar-refractivity contribution in [2.75, 3.05) is 0 Å². The van der Waals surface area contributed by atoms with Crippen LogP contribution in [-0.4, -0.2) is 5.11 Å². The number of thiophene rings is 1. The molecule has 2 aromatic carbocycles. The van der Waals surface area contributed by atoms with Crippen LogP contribution in [0.25, 0.3) is 10.1 Å². The van der Waals surface area contributed by atoms with Gasteiger partial charge in [0.25, 0.3) is 0 Å². The van der Waals surface area contributed by atoms with E-state index in [-0.39, 0.29) is 0 Å². The third-order valence-electron chi connectivity index (χ3n) is 3.77. The first kappa shape index (κ1) is 13.3. The van der Waals surface area contributed by atoms with Crippen molar-refractivity contribution in [2.45, 2.75) is 26.4 Å². The number of aryl methyl sites for hydroxylation is 2. The minimum atomic E-state index is -0.437. The molecular weight excluding hydrogens is 264 g/mol. The van der Waals surface area contributed by atoms with Gasteiger partial charge in [-0.3, -0.25) is 0 Å². The molecule has 102 valence electrons.